The minimum Gasteiger partial charge on any atom is -0.408 e. The number of rotatable bonds is 6. The highest BCUT2D eigenvalue weighted by Crippen LogP contribution is 2.19. The molecule has 1 aromatic heterocycles. The van der Waals surface area contributed by atoms with Crippen molar-refractivity contribution in [2.45, 2.75) is 13.5 Å². The maximum Gasteiger partial charge on any atom is 0.419 e. The number of aromatic nitrogens is 1. The van der Waals surface area contributed by atoms with Crippen LogP contribution in [0.4, 0.5) is 5.69 Å². The van der Waals surface area contributed by atoms with Gasteiger partial charge in [0.25, 0.3) is 0 Å². The predicted molar refractivity (Wildman–Crippen MR) is 100 cm³/mol. The number of likely N-dealkylation sites (N-methyl/N-ethyl adjacent to an activating group) is 1. The van der Waals surface area contributed by atoms with Crippen molar-refractivity contribution in [1.29, 1.82) is 0 Å². The van der Waals surface area contributed by atoms with Gasteiger partial charge in [0, 0.05) is 31.2 Å². The van der Waals surface area contributed by atoms with E-state index in [0.717, 1.165) is 6.54 Å². The number of hydrogen-bond acceptors (Lipinski definition) is 5. The topological polar surface area (TPSA) is 93.5 Å². The highest BCUT2D eigenvalue weighted by atomic mass is 35.5. The Morgan fingerprint density at radius 3 is 2.62 bits per heavy atom. The second-order valence-corrected chi connectivity index (χ2v) is 5.63. The SMILES string of the molecule is CC(CN)C(=O)Nc1ccc2oc(=O)n(CCN(C)C)c2c1.Cl.Cl. The van der Waals surface area contributed by atoms with E-state index in [0.29, 0.717) is 23.3 Å². The van der Waals surface area contributed by atoms with Gasteiger partial charge in [0.15, 0.2) is 5.58 Å². The summed E-state index contributed by atoms with van der Waals surface area (Å²) in [7, 11) is 3.88. The molecule has 1 heterocycles. The smallest absolute Gasteiger partial charge is 0.408 e. The Balaban J connectivity index is 0.00000264. The van der Waals surface area contributed by atoms with Crippen molar-refractivity contribution in [3.63, 3.8) is 0 Å². The monoisotopic (exact) mass is 378 g/mol. The summed E-state index contributed by atoms with van der Waals surface area (Å²) >= 11 is 0. The Morgan fingerprint density at radius 1 is 1.38 bits per heavy atom. The van der Waals surface area contributed by atoms with E-state index >= 15 is 0 Å². The fourth-order valence-corrected chi connectivity index (χ4v) is 2.02. The third kappa shape index (κ3) is 5.24. The number of amides is 1. The number of anilines is 1. The number of hydrogen-bond donors (Lipinski definition) is 2. The lowest BCUT2D eigenvalue weighted by Gasteiger charge is -2.11. The second kappa shape index (κ2) is 9.68. The van der Waals surface area contributed by atoms with Crippen LogP contribution in [0.1, 0.15) is 6.92 Å². The fraction of sp³-hybridized carbons (Fsp3) is 0.467. The molecule has 0 saturated heterocycles. The summed E-state index contributed by atoms with van der Waals surface area (Å²) < 4.78 is 6.78. The summed E-state index contributed by atoms with van der Waals surface area (Å²) in [6.07, 6.45) is 0. The molecule has 0 bridgehead atoms. The Bertz CT molecular complexity index is 727. The number of benzene rings is 1. The van der Waals surface area contributed by atoms with Crippen molar-refractivity contribution >= 4 is 47.5 Å². The number of nitrogens with one attached hydrogen (secondary N) is 1. The molecule has 1 unspecified atom stereocenters. The summed E-state index contributed by atoms with van der Waals surface area (Å²) in [6.45, 7) is 3.29. The lowest BCUT2D eigenvalue weighted by Crippen LogP contribution is -2.26. The molecule has 2 aromatic rings. The molecule has 1 amide bonds. The average molecular weight is 379 g/mol. The Morgan fingerprint density at radius 2 is 2.04 bits per heavy atom. The van der Waals surface area contributed by atoms with Crippen molar-refractivity contribution in [3.8, 4) is 0 Å². The summed E-state index contributed by atoms with van der Waals surface area (Å²) in [5.41, 5.74) is 7.29. The van der Waals surface area contributed by atoms with Crippen molar-refractivity contribution < 1.29 is 9.21 Å². The molecule has 3 N–H and O–H groups in total. The Hall–Kier alpha value is -1.54. The number of nitrogens with zero attached hydrogens (tertiary/aromatic N) is 2. The number of fused-ring (bicyclic) bond motifs is 1. The highest BCUT2D eigenvalue weighted by Gasteiger charge is 2.13. The Labute approximate surface area is 153 Å². The number of oxazole rings is 1. The largest absolute Gasteiger partial charge is 0.419 e. The van der Waals surface area contributed by atoms with Gasteiger partial charge in [-0.05, 0) is 32.3 Å². The van der Waals surface area contributed by atoms with E-state index in [1.54, 1.807) is 29.7 Å². The van der Waals surface area contributed by atoms with E-state index in [2.05, 4.69) is 5.32 Å². The predicted octanol–water partition coefficient (Wildman–Crippen LogP) is 1.53. The van der Waals surface area contributed by atoms with Crippen LogP contribution in [0.15, 0.2) is 27.4 Å². The first-order chi connectivity index (χ1) is 10.4. The van der Waals surface area contributed by atoms with Gasteiger partial charge in [-0.1, -0.05) is 6.92 Å². The van der Waals surface area contributed by atoms with Crippen LogP contribution in [-0.2, 0) is 11.3 Å². The number of nitrogens with two attached hydrogens (primary N) is 1. The van der Waals surface area contributed by atoms with Gasteiger partial charge in [0.1, 0.15) is 0 Å². The standard InChI is InChI=1S/C15H22N4O3.2ClH/c1-10(9-16)14(20)17-11-4-5-13-12(8-11)19(15(21)22-13)7-6-18(2)3;;/h4-5,8,10H,6-7,9,16H2,1-3H3,(H,17,20);2*1H. The zero-order valence-corrected chi connectivity index (χ0v) is 15.6. The van der Waals surface area contributed by atoms with Crippen molar-refractivity contribution in [3.05, 3.63) is 28.7 Å². The van der Waals surface area contributed by atoms with Gasteiger partial charge in [0.05, 0.1) is 5.52 Å². The normalized spacial score (nSPS) is 11.7. The molecule has 1 atom stereocenters. The summed E-state index contributed by atoms with van der Waals surface area (Å²) in [5, 5.41) is 2.80. The average Bonchev–Trinajstić information content (AvgIpc) is 2.79. The van der Waals surface area contributed by atoms with Crippen LogP contribution in [0.25, 0.3) is 11.1 Å². The van der Waals surface area contributed by atoms with Gasteiger partial charge in [0.2, 0.25) is 5.91 Å². The van der Waals surface area contributed by atoms with Crippen LogP contribution in [0, 0.1) is 5.92 Å². The minimum absolute atomic E-state index is 0. The van der Waals surface area contributed by atoms with E-state index < -0.39 is 5.76 Å². The summed E-state index contributed by atoms with van der Waals surface area (Å²) in [4.78, 5) is 25.8. The zero-order chi connectivity index (χ0) is 16.3. The van der Waals surface area contributed by atoms with Gasteiger partial charge in [-0.25, -0.2) is 4.79 Å². The van der Waals surface area contributed by atoms with Gasteiger partial charge in [-0.2, -0.15) is 0 Å². The lowest BCUT2D eigenvalue weighted by molar-refractivity contribution is -0.119. The van der Waals surface area contributed by atoms with E-state index in [-0.39, 0.29) is 43.2 Å². The van der Waals surface area contributed by atoms with Crippen LogP contribution in [0.5, 0.6) is 0 Å². The number of carbonyl (C=O) groups excluding carboxylic acids is 1. The Kier molecular flexibility index (Phi) is 9.06. The molecule has 0 fully saturated rings. The van der Waals surface area contributed by atoms with Crippen LogP contribution in [-0.4, -0.2) is 42.6 Å². The van der Waals surface area contributed by atoms with Crippen molar-refractivity contribution in [2.75, 3.05) is 32.5 Å². The minimum atomic E-state index is -0.393. The molecule has 9 heteroatoms. The number of halogens is 2. The molecular formula is C15H24Cl2N4O3. The molecular weight excluding hydrogens is 355 g/mol. The first-order valence-electron chi connectivity index (χ1n) is 7.21. The van der Waals surface area contributed by atoms with Crippen molar-refractivity contribution in [1.82, 2.24) is 9.47 Å². The van der Waals surface area contributed by atoms with Gasteiger partial charge in [-0.15, -0.1) is 24.8 Å². The maximum absolute atomic E-state index is 11.9. The molecule has 0 radical (unpaired) electrons. The van der Waals surface area contributed by atoms with E-state index in [1.807, 2.05) is 19.0 Å². The van der Waals surface area contributed by atoms with Crippen LogP contribution in [0.2, 0.25) is 0 Å². The molecule has 0 aliphatic heterocycles. The van der Waals surface area contributed by atoms with Gasteiger partial charge >= 0.3 is 5.76 Å². The molecule has 2 rings (SSSR count). The third-order valence-electron chi connectivity index (χ3n) is 3.51. The summed E-state index contributed by atoms with van der Waals surface area (Å²) in [6, 6.07) is 5.14. The summed E-state index contributed by atoms with van der Waals surface area (Å²) in [5.74, 6) is -0.806. The van der Waals surface area contributed by atoms with E-state index in [4.69, 9.17) is 10.2 Å². The first-order valence-corrected chi connectivity index (χ1v) is 7.21. The fourth-order valence-electron chi connectivity index (χ4n) is 2.02. The van der Waals surface area contributed by atoms with Crippen LogP contribution < -0.4 is 16.8 Å². The quantitative estimate of drug-likeness (QED) is 0.794. The van der Waals surface area contributed by atoms with Gasteiger partial charge < -0.3 is 20.4 Å². The van der Waals surface area contributed by atoms with Crippen molar-refractivity contribution in [2.24, 2.45) is 11.7 Å². The molecule has 24 heavy (non-hydrogen) atoms. The molecule has 136 valence electrons. The van der Waals surface area contributed by atoms with Gasteiger partial charge in [-0.3, -0.25) is 9.36 Å². The maximum atomic E-state index is 11.9. The molecule has 0 spiro atoms. The number of carbonyl (C=O) groups is 1. The van der Waals surface area contributed by atoms with Crippen LogP contribution >= 0.6 is 24.8 Å². The molecule has 0 saturated carbocycles. The lowest BCUT2D eigenvalue weighted by atomic mass is 10.1. The first kappa shape index (κ1) is 22.5. The zero-order valence-electron chi connectivity index (χ0n) is 13.9. The molecule has 7 nitrogen and oxygen atoms in total. The second-order valence-electron chi connectivity index (χ2n) is 5.63. The van der Waals surface area contributed by atoms with Crippen LogP contribution in [0.3, 0.4) is 0 Å². The molecule has 0 aliphatic carbocycles. The molecule has 0 aliphatic rings. The van der Waals surface area contributed by atoms with E-state index in [9.17, 15) is 9.59 Å². The highest BCUT2D eigenvalue weighted by molar-refractivity contribution is 5.94. The van der Waals surface area contributed by atoms with E-state index in [1.165, 1.54) is 0 Å². The molecule has 1 aromatic carbocycles. The third-order valence-corrected chi connectivity index (χ3v) is 3.51.